The van der Waals surface area contributed by atoms with Crippen molar-refractivity contribution >= 4 is 33.2 Å². The first-order chi connectivity index (χ1) is 8.50. The van der Waals surface area contributed by atoms with Crippen molar-refractivity contribution in [1.82, 2.24) is 4.90 Å². The van der Waals surface area contributed by atoms with E-state index >= 15 is 0 Å². The molecule has 1 fully saturated rings. The van der Waals surface area contributed by atoms with E-state index in [-0.39, 0.29) is 17.6 Å². The summed E-state index contributed by atoms with van der Waals surface area (Å²) < 4.78 is 5.90. The monoisotopic (exact) mass is 331 g/mol. The van der Waals surface area contributed by atoms with Crippen LogP contribution in [0.1, 0.15) is 19.4 Å². The number of halogens is 1. The van der Waals surface area contributed by atoms with Crippen molar-refractivity contribution in [3.63, 3.8) is 0 Å². The molecule has 1 amide bonds. The van der Waals surface area contributed by atoms with E-state index in [1.807, 2.05) is 35.6 Å². The van der Waals surface area contributed by atoms with Crippen LogP contribution in [0.25, 0.3) is 0 Å². The Hall–Kier alpha value is -0.390. The molecule has 3 nitrogen and oxygen atoms in total. The lowest BCUT2D eigenvalue weighted by Gasteiger charge is -2.42. The zero-order valence-electron chi connectivity index (χ0n) is 10.7. The van der Waals surface area contributed by atoms with Crippen LogP contribution in [0.5, 0.6) is 0 Å². The third-order valence-electron chi connectivity index (χ3n) is 2.94. The largest absolute Gasteiger partial charge is 0.368 e. The van der Waals surface area contributed by atoms with Crippen molar-refractivity contribution in [3.05, 3.63) is 22.4 Å². The van der Waals surface area contributed by atoms with E-state index in [0.29, 0.717) is 19.5 Å². The molecule has 0 saturated carbocycles. The van der Waals surface area contributed by atoms with Crippen molar-refractivity contribution in [1.29, 1.82) is 0 Å². The van der Waals surface area contributed by atoms with E-state index in [4.69, 9.17) is 4.74 Å². The number of thiophene rings is 1. The molecule has 18 heavy (non-hydrogen) atoms. The third kappa shape index (κ3) is 3.56. The highest BCUT2D eigenvalue weighted by atomic mass is 79.9. The molecule has 1 saturated heterocycles. The Bertz CT molecular complexity index is 405. The number of nitrogens with zero attached hydrogens (tertiary/aromatic N) is 1. The fourth-order valence-electron chi connectivity index (χ4n) is 2.25. The summed E-state index contributed by atoms with van der Waals surface area (Å²) in [6.07, 6.45) is 0.578. The predicted octanol–water partition coefficient (Wildman–Crippen LogP) is 2.69. The van der Waals surface area contributed by atoms with Crippen LogP contribution in [0.2, 0.25) is 0 Å². The number of hydrogen-bond donors (Lipinski definition) is 0. The fourth-order valence-corrected chi connectivity index (χ4v) is 3.25. The van der Waals surface area contributed by atoms with Gasteiger partial charge in [0.2, 0.25) is 5.91 Å². The maximum Gasteiger partial charge on any atom is 0.227 e. The predicted molar refractivity (Wildman–Crippen MR) is 77.3 cm³/mol. The van der Waals surface area contributed by atoms with Crippen LogP contribution in [-0.2, 0) is 16.0 Å². The van der Waals surface area contributed by atoms with Gasteiger partial charge in [-0.2, -0.15) is 11.3 Å². The molecule has 0 spiro atoms. The van der Waals surface area contributed by atoms with Gasteiger partial charge in [0, 0.05) is 18.4 Å². The summed E-state index contributed by atoms with van der Waals surface area (Å²) in [6.45, 7) is 5.41. The third-order valence-corrected chi connectivity index (χ3v) is 4.40. The van der Waals surface area contributed by atoms with Crippen LogP contribution in [-0.4, -0.2) is 40.9 Å². The zero-order chi connectivity index (χ0) is 13.2. The Morgan fingerprint density at radius 3 is 3.06 bits per heavy atom. The van der Waals surface area contributed by atoms with E-state index in [1.165, 1.54) is 0 Å². The summed E-state index contributed by atoms with van der Waals surface area (Å²) in [5, 5.41) is 4.80. The van der Waals surface area contributed by atoms with Crippen molar-refractivity contribution in [2.24, 2.45) is 0 Å². The van der Waals surface area contributed by atoms with Gasteiger partial charge in [-0.3, -0.25) is 4.79 Å². The van der Waals surface area contributed by atoms with Gasteiger partial charge in [0.05, 0.1) is 18.1 Å². The first-order valence-electron chi connectivity index (χ1n) is 6.03. The van der Waals surface area contributed by atoms with Crippen molar-refractivity contribution in [2.45, 2.75) is 32.0 Å². The molecule has 1 aromatic rings. The molecule has 1 aliphatic rings. The number of ether oxygens (including phenoxy) is 1. The van der Waals surface area contributed by atoms with Gasteiger partial charge < -0.3 is 9.64 Å². The number of amides is 1. The van der Waals surface area contributed by atoms with Crippen LogP contribution < -0.4 is 0 Å². The van der Waals surface area contributed by atoms with Gasteiger partial charge >= 0.3 is 0 Å². The lowest BCUT2D eigenvalue weighted by Crippen LogP contribution is -2.55. The Morgan fingerprint density at radius 1 is 1.67 bits per heavy atom. The van der Waals surface area contributed by atoms with E-state index in [9.17, 15) is 4.79 Å². The molecular formula is C13H18BrNO2S. The van der Waals surface area contributed by atoms with Gasteiger partial charge in [0.25, 0.3) is 0 Å². The maximum atomic E-state index is 12.3. The average Bonchev–Trinajstić information content (AvgIpc) is 2.79. The normalized spacial score (nSPS) is 23.1. The highest BCUT2D eigenvalue weighted by molar-refractivity contribution is 9.09. The molecule has 100 valence electrons. The first kappa shape index (κ1) is 14.0. The van der Waals surface area contributed by atoms with E-state index in [1.54, 1.807) is 11.3 Å². The van der Waals surface area contributed by atoms with Crippen molar-refractivity contribution in [2.75, 3.05) is 18.4 Å². The van der Waals surface area contributed by atoms with Crippen LogP contribution in [0, 0.1) is 0 Å². The number of carbonyl (C=O) groups is 1. The van der Waals surface area contributed by atoms with Gasteiger partial charge in [0.1, 0.15) is 0 Å². The highest BCUT2D eigenvalue weighted by Gasteiger charge is 2.34. The molecule has 1 aromatic heterocycles. The maximum absolute atomic E-state index is 12.3. The Morgan fingerprint density at radius 2 is 2.44 bits per heavy atom. The number of carbonyl (C=O) groups excluding carboxylic acids is 1. The summed E-state index contributed by atoms with van der Waals surface area (Å²) in [4.78, 5) is 14.2. The quantitative estimate of drug-likeness (QED) is 0.797. The van der Waals surface area contributed by atoms with Crippen LogP contribution in [0.4, 0.5) is 0 Å². The molecule has 1 atom stereocenters. The van der Waals surface area contributed by atoms with Gasteiger partial charge in [-0.05, 0) is 36.2 Å². The molecule has 2 rings (SSSR count). The first-order valence-corrected chi connectivity index (χ1v) is 8.09. The lowest BCUT2D eigenvalue weighted by molar-refractivity contribution is -0.156. The second-order valence-corrected chi connectivity index (χ2v) is 6.66. The zero-order valence-corrected chi connectivity index (χ0v) is 13.1. The van der Waals surface area contributed by atoms with E-state index in [0.717, 1.165) is 10.9 Å². The number of hydrogen-bond acceptors (Lipinski definition) is 3. The summed E-state index contributed by atoms with van der Waals surface area (Å²) >= 11 is 5.07. The second kappa shape index (κ2) is 5.72. The summed E-state index contributed by atoms with van der Waals surface area (Å²) in [5.74, 6) is 0.190. The van der Waals surface area contributed by atoms with Crippen molar-refractivity contribution < 1.29 is 9.53 Å². The van der Waals surface area contributed by atoms with Gasteiger partial charge in [0.15, 0.2) is 0 Å². The molecular weight excluding hydrogens is 314 g/mol. The van der Waals surface area contributed by atoms with Gasteiger partial charge in [-0.15, -0.1) is 0 Å². The summed E-state index contributed by atoms with van der Waals surface area (Å²) in [6, 6.07) is 2.01. The molecule has 0 aliphatic carbocycles. The van der Waals surface area contributed by atoms with E-state index in [2.05, 4.69) is 15.9 Å². The lowest BCUT2D eigenvalue weighted by atomic mass is 10.0. The molecule has 2 heterocycles. The Labute approximate surface area is 120 Å². The molecule has 0 radical (unpaired) electrons. The Kier molecular flexibility index (Phi) is 4.45. The van der Waals surface area contributed by atoms with Gasteiger partial charge in [-0.25, -0.2) is 0 Å². The van der Waals surface area contributed by atoms with Crippen LogP contribution in [0.3, 0.4) is 0 Å². The molecule has 0 bridgehead atoms. The van der Waals surface area contributed by atoms with Gasteiger partial charge in [-0.1, -0.05) is 15.9 Å². The topological polar surface area (TPSA) is 29.5 Å². The molecule has 0 N–H and O–H groups in total. The summed E-state index contributed by atoms with van der Waals surface area (Å²) in [5.41, 5.74) is 0.839. The molecule has 5 heteroatoms. The van der Waals surface area contributed by atoms with Crippen LogP contribution in [0.15, 0.2) is 16.8 Å². The highest BCUT2D eigenvalue weighted by Crippen LogP contribution is 2.23. The number of morpholine rings is 1. The number of alkyl halides is 1. The average molecular weight is 332 g/mol. The SMILES string of the molecule is CC1(C)CN(C(=O)Cc2ccsc2)CC(CBr)O1. The number of rotatable bonds is 3. The van der Waals surface area contributed by atoms with E-state index < -0.39 is 0 Å². The minimum Gasteiger partial charge on any atom is -0.368 e. The summed E-state index contributed by atoms with van der Waals surface area (Å²) in [7, 11) is 0. The Balaban J connectivity index is 2.00. The standard InChI is InChI=1S/C13H18BrNO2S/c1-13(2)9-15(7-11(6-14)17-13)12(16)5-10-3-4-18-8-10/h3-4,8,11H,5-7,9H2,1-2H3. The molecule has 1 unspecified atom stereocenters. The molecule has 0 aromatic carbocycles. The fraction of sp³-hybridized carbons (Fsp3) is 0.615. The smallest absolute Gasteiger partial charge is 0.227 e. The van der Waals surface area contributed by atoms with Crippen LogP contribution >= 0.6 is 27.3 Å². The second-order valence-electron chi connectivity index (χ2n) is 5.24. The minimum atomic E-state index is -0.263. The molecule has 1 aliphatic heterocycles. The minimum absolute atomic E-state index is 0.0835. The van der Waals surface area contributed by atoms with Crippen molar-refractivity contribution in [3.8, 4) is 0 Å².